The second-order valence-electron chi connectivity index (χ2n) is 5.86. The number of hydrogen-bond donors (Lipinski definition) is 1. The molecule has 2 aromatic carbocycles. The van der Waals surface area contributed by atoms with Gasteiger partial charge in [0.05, 0.1) is 10.7 Å². The minimum atomic E-state index is -1.01. The topological polar surface area (TPSA) is 49.4 Å². The minimum absolute atomic E-state index is 0.0633. The molecule has 1 saturated heterocycles. The van der Waals surface area contributed by atoms with Crippen molar-refractivity contribution in [1.29, 1.82) is 0 Å². The maximum Gasteiger partial charge on any atom is 0.239 e. The highest BCUT2D eigenvalue weighted by molar-refractivity contribution is 6.30. The molecule has 26 heavy (non-hydrogen) atoms. The van der Waals surface area contributed by atoms with Crippen molar-refractivity contribution in [2.24, 2.45) is 5.92 Å². The number of nitrogens with zero attached hydrogens (tertiary/aromatic N) is 1. The van der Waals surface area contributed by atoms with Crippen LogP contribution in [0.1, 0.15) is 12.0 Å². The second kappa shape index (κ2) is 7.37. The van der Waals surface area contributed by atoms with E-state index in [1.807, 2.05) is 0 Å². The van der Waals surface area contributed by atoms with Crippen LogP contribution in [0.2, 0.25) is 5.02 Å². The molecular formula is C18H14ClF3N2O2. The van der Waals surface area contributed by atoms with Gasteiger partial charge in [0, 0.05) is 24.7 Å². The van der Waals surface area contributed by atoms with Crippen LogP contribution in [0.3, 0.4) is 0 Å². The first-order valence-electron chi connectivity index (χ1n) is 7.85. The number of carbonyl (C=O) groups is 2. The van der Waals surface area contributed by atoms with Gasteiger partial charge in [0.15, 0.2) is 0 Å². The van der Waals surface area contributed by atoms with Gasteiger partial charge >= 0.3 is 0 Å². The Morgan fingerprint density at radius 2 is 2.00 bits per heavy atom. The van der Waals surface area contributed by atoms with E-state index in [1.165, 1.54) is 12.1 Å². The van der Waals surface area contributed by atoms with E-state index in [9.17, 15) is 22.8 Å². The molecule has 1 unspecified atom stereocenters. The first-order chi connectivity index (χ1) is 12.4. The predicted octanol–water partition coefficient (Wildman–Crippen LogP) is 3.43. The Morgan fingerprint density at radius 3 is 2.73 bits per heavy atom. The lowest BCUT2D eigenvalue weighted by Crippen LogP contribution is -2.37. The lowest BCUT2D eigenvalue weighted by Gasteiger charge is -2.17. The first-order valence-corrected chi connectivity index (χ1v) is 8.23. The molecule has 1 N–H and O–H groups in total. The molecule has 1 atom stereocenters. The number of carbonyl (C=O) groups excluding carboxylic acids is 2. The average Bonchev–Trinajstić information content (AvgIpc) is 2.97. The number of halogens is 4. The summed E-state index contributed by atoms with van der Waals surface area (Å²) in [5, 5.41) is 2.43. The molecule has 4 nitrogen and oxygen atoms in total. The van der Waals surface area contributed by atoms with Crippen molar-refractivity contribution in [1.82, 2.24) is 5.32 Å². The summed E-state index contributed by atoms with van der Waals surface area (Å²) in [6.45, 7) is 0.00488. The molecular weight excluding hydrogens is 369 g/mol. The first kappa shape index (κ1) is 18.3. The van der Waals surface area contributed by atoms with E-state index in [4.69, 9.17) is 11.6 Å². The summed E-state index contributed by atoms with van der Waals surface area (Å²) in [5.41, 5.74) is 0.116. The molecule has 0 aromatic heterocycles. The van der Waals surface area contributed by atoms with Crippen molar-refractivity contribution in [3.63, 3.8) is 0 Å². The molecule has 0 radical (unpaired) electrons. The van der Waals surface area contributed by atoms with Crippen LogP contribution in [-0.4, -0.2) is 18.4 Å². The molecule has 1 aliphatic rings. The Labute approximate surface area is 152 Å². The maximum atomic E-state index is 13.9. The van der Waals surface area contributed by atoms with Crippen LogP contribution < -0.4 is 10.2 Å². The fourth-order valence-corrected chi connectivity index (χ4v) is 3.05. The zero-order valence-corrected chi connectivity index (χ0v) is 14.2. The number of rotatable bonds is 4. The second-order valence-corrected chi connectivity index (χ2v) is 6.26. The smallest absolute Gasteiger partial charge is 0.239 e. The van der Waals surface area contributed by atoms with Gasteiger partial charge in [0.25, 0.3) is 0 Å². The van der Waals surface area contributed by atoms with Crippen LogP contribution in [0.25, 0.3) is 0 Å². The zero-order valence-electron chi connectivity index (χ0n) is 13.4. The van der Waals surface area contributed by atoms with Crippen molar-refractivity contribution < 1.29 is 22.8 Å². The van der Waals surface area contributed by atoms with Gasteiger partial charge in [0.1, 0.15) is 23.4 Å². The molecule has 0 bridgehead atoms. The molecule has 136 valence electrons. The third kappa shape index (κ3) is 3.53. The normalized spacial score (nSPS) is 16.8. The van der Waals surface area contributed by atoms with Crippen molar-refractivity contribution in [3.8, 4) is 0 Å². The zero-order chi connectivity index (χ0) is 18.8. The van der Waals surface area contributed by atoms with Crippen LogP contribution in [0.4, 0.5) is 18.9 Å². The van der Waals surface area contributed by atoms with E-state index in [0.717, 1.165) is 17.0 Å². The molecule has 8 heteroatoms. The highest BCUT2D eigenvalue weighted by Gasteiger charge is 2.38. The van der Waals surface area contributed by atoms with E-state index < -0.39 is 35.2 Å². The van der Waals surface area contributed by atoms with Gasteiger partial charge in [-0.2, -0.15) is 0 Å². The summed E-state index contributed by atoms with van der Waals surface area (Å²) in [6.07, 6.45) is 0.180. The number of amides is 2. The summed E-state index contributed by atoms with van der Waals surface area (Å²) < 4.78 is 40.7. The lowest BCUT2D eigenvalue weighted by atomic mass is 10.1. The summed E-state index contributed by atoms with van der Waals surface area (Å²) in [7, 11) is 0. The number of anilines is 1. The van der Waals surface area contributed by atoms with Gasteiger partial charge in [-0.3, -0.25) is 9.59 Å². The monoisotopic (exact) mass is 382 g/mol. The van der Waals surface area contributed by atoms with E-state index in [0.29, 0.717) is 6.07 Å². The summed E-state index contributed by atoms with van der Waals surface area (Å²) >= 11 is 5.68. The minimum Gasteiger partial charge on any atom is -0.351 e. The van der Waals surface area contributed by atoms with Gasteiger partial charge in [-0.1, -0.05) is 23.7 Å². The molecule has 0 saturated carbocycles. The van der Waals surface area contributed by atoms with Crippen LogP contribution in [0.15, 0.2) is 36.4 Å². The Kier molecular flexibility index (Phi) is 5.18. The maximum absolute atomic E-state index is 13.9. The molecule has 0 aliphatic carbocycles. The Morgan fingerprint density at radius 1 is 1.23 bits per heavy atom. The highest BCUT2D eigenvalue weighted by atomic mass is 35.5. The Balaban J connectivity index is 1.67. The SMILES string of the molecule is O=C(NCc1cccc(Cl)c1F)C1CCN(c2ccc(F)cc2F)C1=O. The highest BCUT2D eigenvalue weighted by Crippen LogP contribution is 2.28. The molecule has 0 spiro atoms. The average molecular weight is 383 g/mol. The lowest BCUT2D eigenvalue weighted by molar-refractivity contribution is -0.132. The van der Waals surface area contributed by atoms with E-state index >= 15 is 0 Å². The molecule has 2 aromatic rings. The standard InChI is InChI=1S/C18H14ClF3N2O2/c19-13-3-1-2-10(16(13)22)9-23-17(25)12-6-7-24(18(12)26)15-5-4-11(20)8-14(15)21/h1-5,8,12H,6-7,9H2,(H,23,25). The fraction of sp³-hybridized carbons (Fsp3) is 0.222. The number of benzene rings is 2. The molecule has 1 heterocycles. The van der Waals surface area contributed by atoms with E-state index in [1.54, 1.807) is 6.07 Å². The molecule has 1 fully saturated rings. The van der Waals surface area contributed by atoms with Crippen LogP contribution in [-0.2, 0) is 16.1 Å². The van der Waals surface area contributed by atoms with Crippen LogP contribution in [0, 0.1) is 23.4 Å². The van der Waals surface area contributed by atoms with Crippen LogP contribution in [0.5, 0.6) is 0 Å². The predicted molar refractivity (Wildman–Crippen MR) is 90.1 cm³/mol. The molecule has 1 aliphatic heterocycles. The summed E-state index contributed by atoms with van der Waals surface area (Å²) in [6, 6.07) is 7.28. The Hall–Kier alpha value is -2.54. The van der Waals surface area contributed by atoms with Crippen molar-refractivity contribution in [2.45, 2.75) is 13.0 Å². The van der Waals surface area contributed by atoms with Gasteiger partial charge in [-0.25, -0.2) is 13.2 Å². The number of nitrogens with one attached hydrogen (secondary N) is 1. The molecule has 3 rings (SSSR count). The fourth-order valence-electron chi connectivity index (χ4n) is 2.85. The third-order valence-electron chi connectivity index (χ3n) is 4.21. The van der Waals surface area contributed by atoms with Gasteiger partial charge in [-0.15, -0.1) is 0 Å². The summed E-state index contributed by atoms with van der Waals surface area (Å²) in [5.74, 6) is -4.45. The van der Waals surface area contributed by atoms with Crippen molar-refractivity contribution >= 4 is 29.1 Å². The quantitative estimate of drug-likeness (QED) is 0.824. The van der Waals surface area contributed by atoms with Gasteiger partial charge in [0.2, 0.25) is 11.8 Å². The van der Waals surface area contributed by atoms with Gasteiger partial charge < -0.3 is 10.2 Å². The number of hydrogen-bond acceptors (Lipinski definition) is 2. The largest absolute Gasteiger partial charge is 0.351 e. The van der Waals surface area contributed by atoms with Crippen molar-refractivity contribution in [2.75, 3.05) is 11.4 Å². The van der Waals surface area contributed by atoms with E-state index in [-0.39, 0.29) is 35.8 Å². The Bertz CT molecular complexity index is 876. The molecule has 2 amide bonds. The third-order valence-corrected chi connectivity index (χ3v) is 4.50. The van der Waals surface area contributed by atoms with E-state index in [2.05, 4.69) is 5.32 Å². The van der Waals surface area contributed by atoms with Crippen molar-refractivity contribution in [3.05, 3.63) is 64.4 Å². The van der Waals surface area contributed by atoms with Gasteiger partial charge in [-0.05, 0) is 24.6 Å². The van der Waals surface area contributed by atoms with Crippen LogP contribution >= 0.6 is 11.6 Å². The summed E-state index contributed by atoms with van der Waals surface area (Å²) in [4.78, 5) is 25.8.